The van der Waals surface area contributed by atoms with Crippen LogP contribution in [0.15, 0.2) is 85.1 Å². The predicted molar refractivity (Wildman–Crippen MR) is 126 cm³/mol. The number of para-hydroxylation sites is 1. The van der Waals surface area contributed by atoms with Gasteiger partial charge in [-0.25, -0.2) is 4.98 Å². The lowest BCUT2D eigenvalue weighted by atomic mass is 9.97. The van der Waals surface area contributed by atoms with Crippen LogP contribution in [-0.2, 0) is 13.1 Å². The number of ether oxygens (including phenoxy) is 1. The molecular weight excluding hydrogens is 420 g/mol. The topological polar surface area (TPSA) is 42.4 Å². The zero-order valence-corrected chi connectivity index (χ0v) is 18.3. The monoisotopic (exact) mass is 440 g/mol. The molecule has 1 aromatic heterocycles. The minimum absolute atomic E-state index is 0.0721. The summed E-state index contributed by atoms with van der Waals surface area (Å²) in [7, 11) is 0. The van der Waals surface area contributed by atoms with Crippen molar-refractivity contribution in [1.82, 2.24) is 9.88 Å². The van der Waals surface area contributed by atoms with Crippen LogP contribution < -0.4 is 4.74 Å². The Kier molecular flexibility index (Phi) is 5.38. The molecule has 0 radical (unpaired) electrons. The lowest BCUT2D eigenvalue weighted by molar-refractivity contribution is 0.0766. The minimum Gasteiger partial charge on any atom is -0.457 e. The van der Waals surface area contributed by atoms with Crippen LogP contribution in [0, 0.1) is 6.92 Å². The van der Waals surface area contributed by atoms with E-state index in [-0.39, 0.29) is 5.91 Å². The Morgan fingerprint density at radius 2 is 1.69 bits per heavy atom. The highest BCUT2D eigenvalue weighted by Crippen LogP contribution is 2.32. The van der Waals surface area contributed by atoms with Crippen molar-refractivity contribution in [2.45, 2.75) is 20.0 Å². The zero-order chi connectivity index (χ0) is 22.1. The number of nitrogens with zero attached hydrogens (tertiary/aromatic N) is 2. The molecule has 1 amide bonds. The number of aryl methyl sites for hydroxylation is 1. The van der Waals surface area contributed by atoms with Crippen LogP contribution in [0.2, 0.25) is 5.15 Å². The van der Waals surface area contributed by atoms with Gasteiger partial charge < -0.3 is 9.64 Å². The van der Waals surface area contributed by atoms with Crippen molar-refractivity contribution in [2.75, 3.05) is 0 Å². The van der Waals surface area contributed by atoms with E-state index in [0.717, 1.165) is 44.9 Å². The van der Waals surface area contributed by atoms with Crippen molar-refractivity contribution in [2.24, 2.45) is 0 Å². The third kappa shape index (κ3) is 4.10. The molecule has 5 heteroatoms. The Hall–Kier alpha value is -3.63. The van der Waals surface area contributed by atoms with E-state index in [9.17, 15) is 4.79 Å². The molecular formula is C27H21ClN2O2. The second kappa shape index (κ2) is 8.48. The Morgan fingerprint density at radius 1 is 0.938 bits per heavy atom. The van der Waals surface area contributed by atoms with Crippen LogP contribution in [-0.4, -0.2) is 15.8 Å². The van der Waals surface area contributed by atoms with Crippen LogP contribution in [0.4, 0.5) is 0 Å². The molecule has 5 rings (SSSR count). The summed E-state index contributed by atoms with van der Waals surface area (Å²) < 4.78 is 5.86. The number of hydrogen-bond donors (Lipinski definition) is 0. The number of rotatable bonds is 5. The molecule has 0 atom stereocenters. The summed E-state index contributed by atoms with van der Waals surface area (Å²) in [5.74, 6) is 1.64. The van der Waals surface area contributed by atoms with Gasteiger partial charge in [-0.15, -0.1) is 0 Å². The molecule has 0 spiro atoms. The van der Waals surface area contributed by atoms with E-state index in [0.29, 0.717) is 18.2 Å². The highest BCUT2D eigenvalue weighted by Gasteiger charge is 2.29. The lowest BCUT2D eigenvalue weighted by Crippen LogP contribution is -2.23. The Balaban J connectivity index is 1.32. The first-order chi connectivity index (χ1) is 15.6. The summed E-state index contributed by atoms with van der Waals surface area (Å²) in [5.41, 5.74) is 5.92. The number of benzene rings is 3. The van der Waals surface area contributed by atoms with Crippen LogP contribution in [0.3, 0.4) is 0 Å². The van der Waals surface area contributed by atoms with Gasteiger partial charge in [0.25, 0.3) is 5.91 Å². The molecule has 1 aliphatic heterocycles. The van der Waals surface area contributed by atoms with Crippen molar-refractivity contribution < 1.29 is 9.53 Å². The van der Waals surface area contributed by atoms with Crippen molar-refractivity contribution in [3.63, 3.8) is 0 Å². The SMILES string of the molecule is Cc1cc(-c2ccc(Cl)nc2)cc2c1C(=O)N(Cc1ccc(Oc3ccccc3)cc1)C2. The second-order valence-corrected chi connectivity index (χ2v) is 8.30. The highest BCUT2D eigenvalue weighted by atomic mass is 35.5. The molecule has 0 unspecified atom stereocenters. The Bertz CT molecular complexity index is 1270. The van der Waals surface area contributed by atoms with E-state index in [1.807, 2.05) is 78.6 Å². The molecule has 32 heavy (non-hydrogen) atoms. The summed E-state index contributed by atoms with van der Waals surface area (Å²) in [5, 5.41) is 0.466. The normalized spacial score (nSPS) is 12.7. The quantitative estimate of drug-likeness (QED) is 0.326. The van der Waals surface area contributed by atoms with Gasteiger partial charge in [-0.2, -0.15) is 0 Å². The van der Waals surface area contributed by atoms with E-state index >= 15 is 0 Å². The fourth-order valence-electron chi connectivity index (χ4n) is 4.08. The van der Waals surface area contributed by atoms with Gasteiger partial charge in [-0.05, 0) is 71.6 Å². The van der Waals surface area contributed by atoms with E-state index in [4.69, 9.17) is 16.3 Å². The maximum absolute atomic E-state index is 13.1. The minimum atomic E-state index is 0.0721. The number of fused-ring (bicyclic) bond motifs is 1. The molecule has 2 heterocycles. The molecule has 0 aliphatic carbocycles. The van der Waals surface area contributed by atoms with Gasteiger partial charge in [0, 0.05) is 30.4 Å². The van der Waals surface area contributed by atoms with E-state index in [2.05, 4.69) is 11.1 Å². The first kappa shape index (κ1) is 20.3. The average Bonchev–Trinajstić information content (AvgIpc) is 3.12. The average molecular weight is 441 g/mol. The molecule has 0 fully saturated rings. The zero-order valence-electron chi connectivity index (χ0n) is 17.6. The predicted octanol–water partition coefficient (Wildman–Crippen LogP) is 6.66. The first-order valence-corrected chi connectivity index (χ1v) is 10.8. The number of pyridine rings is 1. The number of carbonyl (C=O) groups is 1. The molecule has 1 aliphatic rings. The van der Waals surface area contributed by atoms with Crippen molar-refractivity contribution in [3.8, 4) is 22.6 Å². The molecule has 3 aromatic carbocycles. The molecule has 0 saturated carbocycles. The van der Waals surface area contributed by atoms with Gasteiger partial charge in [0.15, 0.2) is 0 Å². The van der Waals surface area contributed by atoms with Gasteiger partial charge in [0.2, 0.25) is 0 Å². The van der Waals surface area contributed by atoms with Crippen molar-refractivity contribution in [3.05, 3.63) is 112 Å². The number of aromatic nitrogens is 1. The van der Waals surface area contributed by atoms with Gasteiger partial charge >= 0.3 is 0 Å². The molecule has 0 saturated heterocycles. The smallest absolute Gasteiger partial charge is 0.255 e. The lowest BCUT2D eigenvalue weighted by Gasteiger charge is -2.16. The number of hydrogen-bond acceptors (Lipinski definition) is 3. The number of carbonyl (C=O) groups excluding carboxylic acids is 1. The third-order valence-electron chi connectivity index (χ3n) is 5.62. The fourth-order valence-corrected chi connectivity index (χ4v) is 4.19. The van der Waals surface area contributed by atoms with Gasteiger partial charge in [0.1, 0.15) is 16.7 Å². The third-order valence-corrected chi connectivity index (χ3v) is 5.84. The highest BCUT2D eigenvalue weighted by molar-refractivity contribution is 6.29. The largest absolute Gasteiger partial charge is 0.457 e. The van der Waals surface area contributed by atoms with Crippen molar-refractivity contribution >= 4 is 17.5 Å². The van der Waals surface area contributed by atoms with Gasteiger partial charge in [0.05, 0.1) is 0 Å². The maximum Gasteiger partial charge on any atom is 0.255 e. The molecule has 4 aromatic rings. The van der Waals surface area contributed by atoms with Crippen LogP contribution in [0.1, 0.15) is 27.0 Å². The van der Waals surface area contributed by atoms with E-state index in [1.165, 1.54) is 0 Å². The summed E-state index contributed by atoms with van der Waals surface area (Å²) in [6.07, 6.45) is 1.76. The van der Waals surface area contributed by atoms with Crippen LogP contribution in [0.25, 0.3) is 11.1 Å². The second-order valence-electron chi connectivity index (χ2n) is 7.92. The number of halogens is 1. The van der Waals surface area contributed by atoms with Gasteiger partial charge in [-0.3, -0.25) is 4.79 Å². The Morgan fingerprint density at radius 3 is 2.41 bits per heavy atom. The summed E-state index contributed by atoms with van der Waals surface area (Å²) >= 11 is 5.92. The van der Waals surface area contributed by atoms with Crippen molar-refractivity contribution in [1.29, 1.82) is 0 Å². The van der Waals surface area contributed by atoms with E-state index in [1.54, 1.807) is 12.3 Å². The van der Waals surface area contributed by atoms with E-state index < -0.39 is 0 Å². The summed E-state index contributed by atoms with van der Waals surface area (Å²) in [6, 6.07) is 25.4. The number of amides is 1. The summed E-state index contributed by atoms with van der Waals surface area (Å²) in [4.78, 5) is 19.2. The molecule has 0 N–H and O–H groups in total. The molecule has 158 valence electrons. The molecule has 0 bridgehead atoms. The molecule has 4 nitrogen and oxygen atoms in total. The maximum atomic E-state index is 13.1. The summed E-state index contributed by atoms with van der Waals surface area (Å²) in [6.45, 7) is 3.13. The van der Waals surface area contributed by atoms with Gasteiger partial charge in [-0.1, -0.05) is 48.0 Å². The van der Waals surface area contributed by atoms with Crippen LogP contribution >= 0.6 is 11.6 Å². The standard InChI is InChI=1S/C27H21ClN2O2/c1-18-13-21(20-9-12-25(28)29-15-20)14-22-17-30(27(31)26(18)22)16-19-7-10-24(11-8-19)32-23-5-3-2-4-6-23/h2-15H,16-17H2,1H3. The first-order valence-electron chi connectivity index (χ1n) is 10.4. The van der Waals surface area contributed by atoms with Crippen LogP contribution in [0.5, 0.6) is 11.5 Å². The fraction of sp³-hybridized carbons (Fsp3) is 0.111. The Labute approximate surface area is 192 Å².